The molecule has 2 aromatic rings. The van der Waals surface area contributed by atoms with Gasteiger partial charge in [-0.2, -0.15) is 0 Å². The second kappa shape index (κ2) is 8.43. The minimum absolute atomic E-state index is 0.0674. The molecule has 1 atom stereocenters. The molecule has 2 aromatic carbocycles. The second-order valence-corrected chi connectivity index (χ2v) is 9.43. The van der Waals surface area contributed by atoms with Crippen molar-refractivity contribution < 1.29 is 13.2 Å². The summed E-state index contributed by atoms with van der Waals surface area (Å²) in [6, 6.07) is 11.9. The van der Waals surface area contributed by atoms with Crippen LogP contribution in [0.1, 0.15) is 24.8 Å². The Labute approximate surface area is 173 Å². The van der Waals surface area contributed by atoms with Gasteiger partial charge in [-0.3, -0.25) is 9.52 Å². The third-order valence-corrected chi connectivity index (χ3v) is 6.72. The number of sulfonamides is 1. The van der Waals surface area contributed by atoms with E-state index in [0.29, 0.717) is 11.4 Å². The largest absolute Gasteiger partial charge is 0.326 e. The first-order valence-electron chi connectivity index (χ1n) is 8.70. The number of nitrogens with one attached hydrogen (secondary N) is 2. The predicted molar refractivity (Wildman–Crippen MR) is 116 cm³/mol. The van der Waals surface area contributed by atoms with Gasteiger partial charge in [-0.25, -0.2) is 8.42 Å². The quantitative estimate of drug-likeness (QED) is 0.466. The summed E-state index contributed by atoms with van der Waals surface area (Å²) in [6.45, 7) is 1.91. The van der Waals surface area contributed by atoms with Gasteiger partial charge in [0, 0.05) is 15.2 Å². The Morgan fingerprint density at radius 2 is 1.96 bits per heavy atom. The lowest BCUT2D eigenvalue weighted by Crippen LogP contribution is -2.23. The average Bonchev–Trinajstić information content (AvgIpc) is 2.65. The predicted octanol–water partition coefficient (Wildman–Crippen LogP) is 4.70. The van der Waals surface area contributed by atoms with Crippen molar-refractivity contribution >= 4 is 49.9 Å². The van der Waals surface area contributed by atoms with Crippen LogP contribution in [0.25, 0.3) is 0 Å². The molecule has 5 nitrogen and oxygen atoms in total. The van der Waals surface area contributed by atoms with E-state index >= 15 is 0 Å². The highest BCUT2D eigenvalue weighted by atomic mass is 127. The molecular weight excluding hydrogens is 475 g/mol. The summed E-state index contributed by atoms with van der Waals surface area (Å²) in [4.78, 5) is 12.5. The van der Waals surface area contributed by atoms with E-state index < -0.39 is 10.0 Å². The minimum Gasteiger partial charge on any atom is -0.326 e. The second-order valence-electron chi connectivity index (χ2n) is 6.59. The van der Waals surface area contributed by atoms with Crippen LogP contribution in [0.3, 0.4) is 0 Å². The number of carbonyl (C=O) groups excluding carboxylic acids is 1. The fourth-order valence-corrected chi connectivity index (χ4v) is 4.71. The Balaban J connectivity index is 1.78. The average molecular weight is 496 g/mol. The molecule has 0 spiro atoms. The third-order valence-electron chi connectivity index (χ3n) is 4.42. The number of amides is 1. The zero-order valence-corrected chi connectivity index (χ0v) is 17.9. The lowest BCUT2D eigenvalue weighted by Gasteiger charge is -2.17. The molecule has 0 aliphatic heterocycles. The topological polar surface area (TPSA) is 75.3 Å². The van der Waals surface area contributed by atoms with Gasteiger partial charge < -0.3 is 5.32 Å². The maximum Gasteiger partial charge on any atom is 0.262 e. The summed E-state index contributed by atoms with van der Waals surface area (Å²) in [7, 11) is -3.75. The molecule has 2 N–H and O–H groups in total. The van der Waals surface area contributed by atoms with Crippen molar-refractivity contribution in [3.63, 3.8) is 0 Å². The monoisotopic (exact) mass is 496 g/mol. The fraction of sp³-hybridized carbons (Fsp3) is 0.250. The Morgan fingerprint density at radius 3 is 2.70 bits per heavy atom. The van der Waals surface area contributed by atoms with Gasteiger partial charge in [0.1, 0.15) is 0 Å². The molecule has 0 fully saturated rings. The highest BCUT2D eigenvalue weighted by molar-refractivity contribution is 14.1. The third kappa shape index (κ3) is 5.10. The fourth-order valence-electron chi connectivity index (χ4n) is 2.94. The zero-order chi connectivity index (χ0) is 19.4. The summed E-state index contributed by atoms with van der Waals surface area (Å²) in [5.74, 6) is -0.141. The van der Waals surface area contributed by atoms with E-state index in [0.717, 1.165) is 28.4 Å². The molecule has 0 aromatic heterocycles. The lowest BCUT2D eigenvalue weighted by molar-refractivity contribution is -0.120. The smallest absolute Gasteiger partial charge is 0.262 e. The molecular formula is C20H21IN2O3S. The Morgan fingerprint density at radius 1 is 1.15 bits per heavy atom. The first kappa shape index (κ1) is 19.9. The van der Waals surface area contributed by atoms with Crippen LogP contribution in [0.5, 0.6) is 0 Å². The van der Waals surface area contributed by atoms with Crippen LogP contribution in [-0.4, -0.2) is 14.3 Å². The number of aryl methyl sites for hydroxylation is 1. The molecule has 0 saturated heterocycles. The van der Waals surface area contributed by atoms with Gasteiger partial charge in [-0.15, -0.1) is 0 Å². The van der Waals surface area contributed by atoms with Gasteiger partial charge in [0.05, 0.1) is 10.6 Å². The van der Waals surface area contributed by atoms with Crippen LogP contribution in [-0.2, 0) is 14.8 Å². The van der Waals surface area contributed by atoms with Gasteiger partial charge in [0.25, 0.3) is 10.0 Å². The normalized spacial score (nSPS) is 16.7. The summed E-state index contributed by atoms with van der Waals surface area (Å²) in [6.07, 6.45) is 6.52. The lowest BCUT2D eigenvalue weighted by atomic mass is 9.93. The van der Waals surface area contributed by atoms with Crippen molar-refractivity contribution in [1.29, 1.82) is 0 Å². The van der Waals surface area contributed by atoms with Crippen LogP contribution in [0.15, 0.2) is 59.5 Å². The molecule has 1 aliphatic rings. The van der Waals surface area contributed by atoms with Crippen LogP contribution >= 0.6 is 22.6 Å². The van der Waals surface area contributed by atoms with Crippen molar-refractivity contribution in [3.8, 4) is 0 Å². The van der Waals surface area contributed by atoms with E-state index in [1.54, 1.807) is 18.2 Å². The minimum atomic E-state index is -3.75. The van der Waals surface area contributed by atoms with Crippen molar-refractivity contribution in [2.75, 3.05) is 10.0 Å². The summed E-state index contributed by atoms with van der Waals surface area (Å²) in [5.41, 5.74) is 1.99. The summed E-state index contributed by atoms with van der Waals surface area (Å²) in [5, 5.41) is 2.84. The highest BCUT2D eigenvalue weighted by Crippen LogP contribution is 2.25. The number of rotatable bonds is 5. The Bertz CT molecular complexity index is 986. The van der Waals surface area contributed by atoms with E-state index in [2.05, 4.69) is 38.7 Å². The van der Waals surface area contributed by atoms with Gasteiger partial charge in [0.2, 0.25) is 5.91 Å². The number of halogens is 1. The van der Waals surface area contributed by atoms with E-state index in [-0.39, 0.29) is 16.7 Å². The van der Waals surface area contributed by atoms with Crippen molar-refractivity contribution in [3.05, 3.63) is 63.8 Å². The SMILES string of the molecule is Cc1ccc(I)c(NS(=O)(=O)c2cccc(NC(=O)C3CC=CCC3)c2)c1. The molecule has 1 unspecified atom stereocenters. The number of anilines is 2. The number of carbonyl (C=O) groups is 1. The molecule has 27 heavy (non-hydrogen) atoms. The molecule has 7 heteroatoms. The molecule has 3 rings (SSSR count). The zero-order valence-electron chi connectivity index (χ0n) is 14.9. The van der Waals surface area contributed by atoms with Crippen LogP contribution in [0, 0.1) is 16.4 Å². The highest BCUT2D eigenvalue weighted by Gasteiger charge is 2.20. The summed E-state index contributed by atoms with van der Waals surface area (Å²) >= 11 is 2.09. The van der Waals surface area contributed by atoms with Crippen LogP contribution in [0.2, 0.25) is 0 Å². The van der Waals surface area contributed by atoms with Gasteiger partial charge >= 0.3 is 0 Å². The van der Waals surface area contributed by atoms with E-state index in [1.165, 1.54) is 12.1 Å². The maximum absolute atomic E-state index is 12.8. The van der Waals surface area contributed by atoms with Gasteiger partial charge in [-0.1, -0.05) is 24.3 Å². The van der Waals surface area contributed by atoms with E-state index in [9.17, 15) is 13.2 Å². The first-order valence-corrected chi connectivity index (χ1v) is 11.3. The van der Waals surface area contributed by atoms with E-state index in [1.807, 2.05) is 25.1 Å². The molecule has 0 saturated carbocycles. The van der Waals surface area contributed by atoms with E-state index in [4.69, 9.17) is 0 Å². The van der Waals surface area contributed by atoms with Gasteiger partial charge in [-0.05, 0) is 84.7 Å². The molecule has 142 valence electrons. The molecule has 1 amide bonds. The van der Waals surface area contributed by atoms with Gasteiger partial charge in [0.15, 0.2) is 0 Å². The molecule has 1 aliphatic carbocycles. The number of hydrogen-bond donors (Lipinski definition) is 2. The summed E-state index contributed by atoms with van der Waals surface area (Å²) < 4.78 is 29.0. The number of allylic oxidation sites excluding steroid dienone is 2. The van der Waals surface area contributed by atoms with Crippen molar-refractivity contribution in [2.45, 2.75) is 31.1 Å². The van der Waals surface area contributed by atoms with Crippen LogP contribution < -0.4 is 10.0 Å². The standard InChI is InChI=1S/C20H21IN2O3S/c1-14-10-11-18(21)19(12-14)23-27(25,26)17-9-5-8-16(13-17)22-20(24)15-6-3-2-4-7-15/h2-3,5,8-13,15,23H,4,6-7H2,1H3,(H,22,24). The van der Waals surface area contributed by atoms with Crippen LogP contribution in [0.4, 0.5) is 11.4 Å². The van der Waals surface area contributed by atoms with Crippen molar-refractivity contribution in [2.24, 2.45) is 5.92 Å². The number of benzene rings is 2. The Hall–Kier alpha value is -1.87. The first-order chi connectivity index (χ1) is 12.8. The molecule has 0 heterocycles. The molecule has 0 bridgehead atoms. The van der Waals surface area contributed by atoms with Crippen molar-refractivity contribution in [1.82, 2.24) is 0 Å². The maximum atomic E-state index is 12.8. The number of hydrogen-bond acceptors (Lipinski definition) is 3. The Kier molecular flexibility index (Phi) is 6.21. The molecule has 0 radical (unpaired) electrons.